The molecule has 17 heteroatoms. The molecule has 0 saturated carbocycles. The molecule has 0 spiro atoms. The molecule has 14 nitrogen and oxygen atoms in total. The molecule has 4 rings (SSSR count). The Balaban J connectivity index is -0.0000000997. The van der Waals surface area contributed by atoms with Crippen molar-refractivity contribution in [1.29, 1.82) is 0 Å². The van der Waals surface area contributed by atoms with Crippen LogP contribution in [0.5, 0.6) is 0 Å². The second kappa shape index (κ2) is 26.1. The van der Waals surface area contributed by atoms with E-state index in [0.717, 1.165) is 0 Å². The number of benzene rings is 4. The Morgan fingerprint density at radius 3 is 0.651 bits per heavy atom. The fourth-order valence-corrected chi connectivity index (χ4v) is 5.88. The summed E-state index contributed by atoms with van der Waals surface area (Å²) in [6.07, 6.45) is 0. The van der Waals surface area contributed by atoms with Crippen LogP contribution < -0.4 is 9.79 Å². The monoisotopic (exact) mass is 662 g/mol. The van der Waals surface area contributed by atoms with Gasteiger partial charge in [-0.15, -0.1) is 0 Å². The third-order valence-electron chi connectivity index (χ3n) is 5.11. The standard InChI is InChI=1S/2C13H13O3P.Mg.8H2O/c2*14-17(15,16)13(11-7-3-1-4-8-11)12-9-5-2-6-10-12;;;;;;;;;/h2*1-10,13H,(H2,14,15,16);;8*1H2/q;;+2;;;;;;;;/p-2. The molecule has 0 saturated heterocycles. The van der Waals surface area contributed by atoms with Gasteiger partial charge in [0.2, 0.25) is 0 Å². The molecular weight excluding hydrogens is 623 g/mol. The van der Waals surface area contributed by atoms with Crippen molar-refractivity contribution in [3.8, 4) is 0 Å². The number of rotatable bonds is 6. The van der Waals surface area contributed by atoms with Crippen LogP contribution >= 0.6 is 15.2 Å². The van der Waals surface area contributed by atoms with Crippen LogP contribution in [0.4, 0.5) is 0 Å². The summed E-state index contributed by atoms with van der Waals surface area (Å²) in [4.78, 5) is 41.8. The van der Waals surface area contributed by atoms with Gasteiger partial charge in [0, 0.05) is 0 Å². The van der Waals surface area contributed by atoms with Crippen molar-refractivity contribution in [2.24, 2.45) is 0 Å². The van der Waals surface area contributed by atoms with Gasteiger partial charge in [-0.1, -0.05) is 121 Å². The minimum absolute atomic E-state index is 0. The van der Waals surface area contributed by atoms with Crippen LogP contribution in [0.2, 0.25) is 0 Å². The van der Waals surface area contributed by atoms with E-state index in [1.807, 2.05) is 0 Å². The van der Waals surface area contributed by atoms with E-state index in [2.05, 4.69) is 0 Å². The third-order valence-corrected chi connectivity index (χ3v) is 7.61. The molecular formula is C26H40MgO14P2. The van der Waals surface area contributed by atoms with Gasteiger partial charge in [-0.05, 0) is 22.3 Å². The summed E-state index contributed by atoms with van der Waals surface area (Å²) in [6, 6.07) is 34.8. The van der Waals surface area contributed by atoms with Crippen molar-refractivity contribution in [2.45, 2.75) is 11.3 Å². The molecule has 0 fully saturated rings. The molecule has 43 heavy (non-hydrogen) atoms. The molecule has 0 aliphatic heterocycles. The van der Waals surface area contributed by atoms with Crippen LogP contribution in [-0.4, -0.2) is 76.6 Å². The first-order valence-corrected chi connectivity index (χ1v) is 13.7. The molecule has 4 aromatic rings. The van der Waals surface area contributed by atoms with Gasteiger partial charge in [0.25, 0.3) is 0 Å². The van der Waals surface area contributed by atoms with Gasteiger partial charge in [0.1, 0.15) is 15.2 Å². The summed E-state index contributed by atoms with van der Waals surface area (Å²) in [6.45, 7) is 0. The Morgan fingerprint density at radius 2 is 0.535 bits per heavy atom. The topological polar surface area (TPSA) is 373 Å². The predicted octanol–water partition coefficient (Wildman–Crippen LogP) is -2.33. The Bertz CT molecular complexity index is 1080. The van der Waals surface area contributed by atoms with Crippen molar-refractivity contribution in [1.82, 2.24) is 0 Å². The average molecular weight is 663 g/mol. The Hall–Kier alpha value is -2.37. The summed E-state index contributed by atoms with van der Waals surface area (Å²) in [5.41, 5.74) is 0.285. The van der Waals surface area contributed by atoms with E-state index in [1.165, 1.54) is 0 Å². The largest absolute Gasteiger partial charge is 2.00 e. The quantitative estimate of drug-likeness (QED) is 0.168. The maximum Gasteiger partial charge on any atom is 2.00 e. The first kappa shape index (κ1) is 56.4. The molecule has 4 aromatic carbocycles. The zero-order chi connectivity index (χ0) is 24.6. The number of hydrogen-bond donors (Lipinski definition) is 2. The maximum atomic E-state index is 11.5. The van der Waals surface area contributed by atoms with E-state index in [-0.39, 0.29) is 66.9 Å². The Kier molecular flexibility index (Phi) is 34.2. The molecule has 0 heterocycles. The summed E-state index contributed by atoms with van der Waals surface area (Å²) in [7, 11) is -8.94. The Morgan fingerprint density at radius 1 is 0.395 bits per heavy atom. The fourth-order valence-electron chi connectivity index (χ4n) is 3.68. The minimum atomic E-state index is -4.47. The molecule has 2 unspecified atom stereocenters. The molecule has 0 bridgehead atoms. The van der Waals surface area contributed by atoms with Crippen molar-refractivity contribution in [2.75, 3.05) is 0 Å². The molecule has 240 valence electrons. The van der Waals surface area contributed by atoms with Crippen molar-refractivity contribution in [3.63, 3.8) is 0 Å². The van der Waals surface area contributed by atoms with Crippen molar-refractivity contribution in [3.05, 3.63) is 144 Å². The predicted molar refractivity (Wildman–Crippen MR) is 164 cm³/mol. The molecule has 0 amide bonds. The second-order valence-corrected chi connectivity index (χ2v) is 10.9. The summed E-state index contributed by atoms with van der Waals surface area (Å²) < 4.78 is 23.0. The van der Waals surface area contributed by atoms with Gasteiger partial charge in [0.05, 0.1) is 11.3 Å². The maximum absolute atomic E-state index is 11.5. The summed E-state index contributed by atoms with van der Waals surface area (Å²) >= 11 is 0. The number of hydrogen-bond acceptors (Lipinski definition) is 4. The zero-order valence-electron chi connectivity index (χ0n) is 22.8. The van der Waals surface area contributed by atoms with Gasteiger partial charge < -0.3 is 72.5 Å². The van der Waals surface area contributed by atoms with Gasteiger partial charge in [-0.25, -0.2) is 0 Å². The van der Waals surface area contributed by atoms with Crippen LogP contribution in [0.25, 0.3) is 0 Å². The van der Waals surface area contributed by atoms with E-state index >= 15 is 0 Å². The van der Waals surface area contributed by atoms with Crippen molar-refractivity contribution < 1.29 is 72.5 Å². The zero-order valence-corrected chi connectivity index (χ0v) is 26.0. The first-order chi connectivity index (χ1) is 16.2. The van der Waals surface area contributed by atoms with Crippen LogP contribution in [0.1, 0.15) is 33.6 Å². The van der Waals surface area contributed by atoms with Crippen LogP contribution in [0, 0.1) is 0 Å². The van der Waals surface area contributed by atoms with Gasteiger partial charge in [-0.2, -0.15) is 0 Å². The molecule has 0 aliphatic carbocycles. The molecule has 0 aliphatic rings. The van der Waals surface area contributed by atoms with E-state index in [4.69, 9.17) is 0 Å². The van der Waals surface area contributed by atoms with E-state index in [1.54, 1.807) is 121 Å². The Labute approximate surface area is 265 Å². The van der Waals surface area contributed by atoms with Gasteiger partial charge >= 0.3 is 23.1 Å². The van der Waals surface area contributed by atoms with Crippen molar-refractivity contribution >= 4 is 38.2 Å². The van der Waals surface area contributed by atoms with E-state index in [0.29, 0.717) is 22.3 Å². The molecule has 0 radical (unpaired) electrons. The average Bonchev–Trinajstić information content (AvgIpc) is 2.81. The van der Waals surface area contributed by atoms with Gasteiger partial charge in [0.15, 0.2) is 0 Å². The second-order valence-electron chi connectivity index (χ2n) is 7.58. The minimum Gasteiger partial charge on any atom is -0.778 e. The molecule has 18 N–H and O–H groups in total. The van der Waals surface area contributed by atoms with Crippen LogP contribution in [-0.2, 0) is 9.13 Å². The van der Waals surface area contributed by atoms with E-state index in [9.17, 15) is 28.7 Å². The molecule has 0 aromatic heterocycles. The van der Waals surface area contributed by atoms with Crippen LogP contribution in [0.3, 0.4) is 0 Å². The normalized spacial score (nSPS) is 11.5. The fraction of sp³-hybridized carbons (Fsp3) is 0.0769. The molecule has 2 atom stereocenters. The van der Waals surface area contributed by atoms with Crippen LogP contribution in [0.15, 0.2) is 121 Å². The summed E-state index contributed by atoms with van der Waals surface area (Å²) in [5, 5.41) is 0. The summed E-state index contributed by atoms with van der Waals surface area (Å²) in [5.74, 6) is 0. The van der Waals surface area contributed by atoms with E-state index < -0.39 is 26.5 Å². The van der Waals surface area contributed by atoms with Gasteiger partial charge in [-0.3, -0.25) is 0 Å². The first-order valence-electron chi connectivity index (χ1n) is 10.4. The smallest absolute Gasteiger partial charge is 0.778 e. The third kappa shape index (κ3) is 16.9. The SMILES string of the molecule is O.O.O.O.O.O.O.O.O=P([O-])(O)C(c1ccccc1)c1ccccc1.O=P([O-])(O)C(c1ccccc1)c1ccccc1.[Mg+2].